The maximum absolute atomic E-state index is 13.2. The third-order valence-electron chi connectivity index (χ3n) is 1.75. The van der Waals surface area contributed by atoms with Gasteiger partial charge in [-0.1, -0.05) is 0 Å². The summed E-state index contributed by atoms with van der Waals surface area (Å²) >= 11 is 5.15. The SMILES string of the molecule is Fc1c(CCl)cnc(C(F)F)c1C(F)(F)F. The van der Waals surface area contributed by atoms with Crippen molar-refractivity contribution in [3.8, 4) is 0 Å². The molecule has 0 saturated carbocycles. The van der Waals surface area contributed by atoms with Gasteiger partial charge in [0.15, 0.2) is 0 Å². The van der Waals surface area contributed by atoms with E-state index in [-0.39, 0.29) is 0 Å². The maximum atomic E-state index is 13.2. The van der Waals surface area contributed by atoms with Gasteiger partial charge in [-0.15, -0.1) is 11.6 Å². The van der Waals surface area contributed by atoms with Gasteiger partial charge in [0.2, 0.25) is 0 Å². The van der Waals surface area contributed by atoms with E-state index in [0.29, 0.717) is 6.20 Å². The Morgan fingerprint density at radius 1 is 1.31 bits per heavy atom. The molecule has 1 rings (SSSR count). The summed E-state index contributed by atoms with van der Waals surface area (Å²) in [4.78, 5) is 2.88. The lowest BCUT2D eigenvalue weighted by Gasteiger charge is -2.13. The van der Waals surface area contributed by atoms with Gasteiger partial charge in [0, 0.05) is 11.8 Å². The van der Waals surface area contributed by atoms with Gasteiger partial charge >= 0.3 is 6.18 Å². The highest BCUT2D eigenvalue weighted by atomic mass is 35.5. The molecule has 0 amide bonds. The topological polar surface area (TPSA) is 12.9 Å². The summed E-state index contributed by atoms with van der Waals surface area (Å²) in [6, 6.07) is 0. The molecule has 1 aromatic rings. The van der Waals surface area contributed by atoms with Crippen molar-refractivity contribution in [1.29, 1.82) is 0 Å². The summed E-state index contributed by atoms with van der Waals surface area (Å²) in [5.41, 5.74) is -4.25. The lowest BCUT2D eigenvalue weighted by atomic mass is 10.1. The monoisotopic (exact) mass is 263 g/mol. The van der Waals surface area contributed by atoms with Crippen molar-refractivity contribution in [3.05, 3.63) is 28.8 Å². The Bertz CT molecular complexity index is 389. The first kappa shape index (κ1) is 13.1. The van der Waals surface area contributed by atoms with E-state index in [1.165, 1.54) is 0 Å². The summed E-state index contributed by atoms with van der Waals surface area (Å²) in [6.45, 7) is 0. The summed E-state index contributed by atoms with van der Waals surface area (Å²) in [5.74, 6) is -2.38. The molecule has 0 spiro atoms. The first-order valence-corrected chi connectivity index (χ1v) is 4.41. The molecule has 90 valence electrons. The Balaban J connectivity index is 3.50. The number of hydrogen-bond donors (Lipinski definition) is 0. The second kappa shape index (κ2) is 4.48. The van der Waals surface area contributed by atoms with Crippen molar-refractivity contribution >= 4 is 11.6 Å². The third kappa shape index (κ3) is 2.40. The summed E-state index contributed by atoms with van der Waals surface area (Å²) in [5, 5.41) is 0. The Morgan fingerprint density at radius 3 is 2.25 bits per heavy atom. The average molecular weight is 264 g/mol. The molecule has 0 aliphatic rings. The fourth-order valence-electron chi connectivity index (χ4n) is 1.07. The molecule has 16 heavy (non-hydrogen) atoms. The van der Waals surface area contributed by atoms with Crippen molar-refractivity contribution in [1.82, 2.24) is 4.98 Å². The largest absolute Gasteiger partial charge is 0.421 e. The van der Waals surface area contributed by atoms with Gasteiger partial charge in [0.25, 0.3) is 6.43 Å². The zero-order valence-electron chi connectivity index (χ0n) is 7.45. The predicted octanol–water partition coefficient (Wildman–Crippen LogP) is 3.92. The molecule has 0 fully saturated rings. The standard InChI is InChI=1S/C8H4ClF6N/c9-1-3-2-16-6(7(11)12)4(5(3)10)8(13,14)15/h2,7H,1H2. The van der Waals surface area contributed by atoms with Crippen molar-refractivity contribution in [2.24, 2.45) is 0 Å². The van der Waals surface area contributed by atoms with E-state index in [9.17, 15) is 26.3 Å². The minimum atomic E-state index is -5.23. The van der Waals surface area contributed by atoms with Crippen LogP contribution in [0.2, 0.25) is 0 Å². The molecule has 0 unspecified atom stereocenters. The minimum absolute atomic E-state index is 0.569. The zero-order valence-corrected chi connectivity index (χ0v) is 8.21. The van der Waals surface area contributed by atoms with Gasteiger partial charge in [0.05, 0.1) is 5.88 Å². The average Bonchev–Trinajstić information content (AvgIpc) is 2.14. The van der Waals surface area contributed by atoms with Gasteiger partial charge in [-0.2, -0.15) is 13.2 Å². The number of aromatic nitrogens is 1. The number of nitrogens with zero attached hydrogens (tertiary/aromatic N) is 1. The number of hydrogen-bond acceptors (Lipinski definition) is 1. The molecule has 0 aromatic carbocycles. The maximum Gasteiger partial charge on any atom is 0.421 e. The van der Waals surface area contributed by atoms with Crippen LogP contribution in [0.5, 0.6) is 0 Å². The summed E-state index contributed by atoms with van der Waals surface area (Å²) in [6.07, 6.45) is -8.17. The Kier molecular flexibility index (Phi) is 3.67. The molecular weight excluding hydrogens is 260 g/mol. The smallest absolute Gasteiger partial charge is 0.254 e. The van der Waals surface area contributed by atoms with E-state index in [1.807, 2.05) is 0 Å². The van der Waals surface area contributed by atoms with Crippen LogP contribution in [0.15, 0.2) is 6.20 Å². The van der Waals surface area contributed by atoms with Crippen molar-refractivity contribution in [3.63, 3.8) is 0 Å². The molecule has 8 heteroatoms. The Morgan fingerprint density at radius 2 is 1.88 bits per heavy atom. The number of alkyl halides is 6. The molecule has 1 aromatic heterocycles. The third-order valence-corrected chi connectivity index (χ3v) is 2.04. The van der Waals surface area contributed by atoms with Crippen molar-refractivity contribution in [2.75, 3.05) is 0 Å². The van der Waals surface area contributed by atoms with E-state index in [4.69, 9.17) is 11.6 Å². The highest BCUT2D eigenvalue weighted by Crippen LogP contribution is 2.38. The second-order valence-corrected chi connectivity index (χ2v) is 3.06. The van der Waals surface area contributed by atoms with E-state index >= 15 is 0 Å². The fraction of sp³-hybridized carbons (Fsp3) is 0.375. The van der Waals surface area contributed by atoms with Crippen LogP contribution in [0.1, 0.15) is 23.2 Å². The normalized spacial score (nSPS) is 12.2. The molecule has 0 aliphatic carbocycles. The van der Waals surface area contributed by atoms with E-state index < -0.39 is 41.1 Å². The minimum Gasteiger partial charge on any atom is -0.254 e. The molecule has 0 radical (unpaired) electrons. The molecule has 1 nitrogen and oxygen atoms in total. The zero-order chi connectivity index (χ0) is 12.5. The van der Waals surface area contributed by atoms with Gasteiger partial charge in [-0.05, 0) is 0 Å². The van der Waals surface area contributed by atoms with Crippen LogP contribution >= 0.6 is 11.6 Å². The highest BCUT2D eigenvalue weighted by Gasteiger charge is 2.40. The molecule has 0 aliphatic heterocycles. The molecule has 0 atom stereocenters. The van der Waals surface area contributed by atoms with Gasteiger partial charge < -0.3 is 0 Å². The van der Waals surface area contributed by atoms with Crippen LogP contribution in [0, 0.1) is 5.82 Å². The van der Waals surface area contributed by atoms with Gasteiger partial charge in [0.1, 0.15) is 17.1 Å². The van der Waals surface area contributed by atoms with E-state index in [0.717, 1.165) is 0 Å². The lowest BCUT2D eigenvalue weighted by Crippen LogP contribution is -2.15. The molecule has 0 N–H and O–H groups in total. The second-order valence-electron chi connectivity index (χ2n) is 2.79. The van der Waals surface area contributed by atoms with Crippen LogP contribution in [-0.2, 0) is 12.1 Å². The first-order chi connectivity index (χ1) is 7.29. The number of halogens is 7. The van der Waals surface area contributed by atoms with Gasteiger partial charge in [-0.25, -0.2) is 13.2 Å². The first-order valence-electron chi connectivity index (χ1n) is 3.87. The van der Waals surface area contributed by atoms with Gasteiger partial charge in [-0.3, -0.25) is 4.98 Å². The predicted molar refractivity (Wildman–Crippen MR) is 43.7 cm³/mol. The van der Waals surface area contributed by atoms with Crippen molar-refractivity contribution < 1.29 is 26.3 Å². The van der Waals surface area contributed by atoms with Crippen LogP contribution in [0.25, 0.3) is 0 Å². The highest BCUT2D eigenvalue weighted by molar-refractivity contribution is 6.17. The van der Waals surface area contributed by atoms with Crippen molar-refractivity contribution in [2.45, 2.75) is 18.5 Å². The van der Waals surface area contributed by atoms with E-state index in [1.54, 1.807) is 0 Å². The Hall–Kier alpha value is -0.980. The van der Waals surface area contributed by atoms with Crippen LogP contribution < -0.4 is 0 Å². The summed E-state index contributed by atoms with van der Waals surface area (Å²) in [7, 11) is 0. The lowest BCUT2D eigenvalue weighted by molar-refractivity contribution is -0.142. The van der Waals surface area contributed by atoms with E-state index in [2.05, 4.69) is 4.98 Å². The quantitative estimate of drug-likeness (QED) is 0.582. The Labute approximate surface area is 91.0 Å². The number of pyridine rings is 1. The molecule has 0 saturated heterocycles. The van der Waals surface area contributed by atoms with Crippen LogP contribution in [0.4, 0.5) is 26.3 Å². The summed E-state index contributed by atoms with van der Waals surface area (Å²) < 4.78 is 74.6. The number of rotatable bonds is 2. The molecular formula is C8H4ClF6N. The molecule has 1 heterocycles. The molecule has 0 bridgehead atoms. The fourth-order valence-corrected chi connectivity index (χ4v) is 1.26. The van der Waals surface area contributed by atoms with Crippen LogP contribution in [0.3, 0.4) is 0 Å². The van der Waals surface area contributed by atoms with Crippen LogP contribution in [-0.4, -0.2) is 4.98 Å².